The summed E-state index contributed by atoms with van der Waals surface area (Å²) in [6, 6.07) is 9.18. The van der Waals surface area contributed by atoms with Gasteiger partial charge in [0.1, 0.15) is 24.9 Å². The largest absolute Gasteiger partial charge is 0.459 e. The molecule has 4 atom stereocenters. The quantitative estimate of drug-likeness (QED) is 0.384. The van der Waals surface area contributed by atoms with E-state index in [2.05, 4.69) is 20.3 Å². The van der Waals surface area contributed by atoms with Crippen LogP contribution in [-0.4, -0.2) is 62.2 Å². The second-order valence-electron chi connectivity index (χ2n) is 9.89. The topological polar surface area (TPSA) is 110 Å². The number of fused-ring (bicyclic) bond motifs is 2. The predicted molar refractivity (Wildman–Crippen MR) is 131 cm³/mol. The summed E-state index contributed by atoms with van der Waals surface area (Å²) < 4.78 is 26.1. The van der Waals surface area contributed by atoms with Crippen molar-refractivity contribution >= 4 is 34.6 Å². The monoisotopic (exact) mass is 513 g/mol. The first-order chi connectivity index (χ1) is 17.4. The molecule has 2 saturated heterocycles. The van der Waals surface area contributed by atoms with Gasteiger partial charge in [-0.15, -0.1) is 0 Å². The molecule has 0 bridgehead atoms. The summed E-state index contributed by atoms with van der Waals surface area (Å²) in [5, 5.41) is 3.60. The number of nitrogens with one attached hydrogen (secondary N) is 1. The molecule has 6 rings (SSSR count). The van der Waals surface area contributed by atoms with Crippen LogP contribution in [-0.2, 0) is 18.9 Å². The molecular formula is C25H28ClN5O5. The van der Waals surface area contributed by atoms with E-state index in [4.69, 9.17) is 30.5 Å². The van der Waals surface area contributed by atoms with Crippen molar-refractivity contribution in [2.75, 3.05) is 11.9 Å². The second kappa shape index (κ2) is 9.26. The van der Waals surface area contributed by atoms with E-state index in [9.17, 15) is 4.79 Å². The summed E-state index contributed by atoms with van der Waals surface area (Å²) in [5.74, 6) is -0.632. The number of esters is 1. The number of carbonyl (C=O) groups is 1. The highest BCUT2D eigenvalue weighted by Crippen LogP contribution is 2.44. The number of anilines is 1. The first kappa shape index (κ1) is 23.6. The Morgan fingerprint density at radius 3 is 2.69 bits per heavy atom. The highest BCUT2D eigenvalue weighted by Gasteiger charge is 2.56. The number of carbonyl (C=O) groups excluding carboxylic acids is 1. The molecule has 1 N–H and O–H groups in total. The third-order valence-corrected chi connectivity index (χ3v) is 7.05. The third-order valence-electron chi connectivity index (χ3n) is 6.88. The highest BCUT2D eigenvalue weighted by atomic mass is 35.5. The number of rotatable bonds is 6. The van der Waals surface area contributed by atoms with Crippen molar-refractivity contribution in [3.63, 3.8) is 0 Å². The molecule has 4 heterocycles. The minimum absolute atomic E-state index is 0.0156. The van der Waals surface area contributed by atoms with Gasteiger partial charge in [-0.05, 0) is 50.4 Å². The summed E-state index contributed by atoms with van der Waals surface area (Å²) >= 11 is 6.32. The van der Waals surface area contributed by atoms with Gasteiger partial charge < -0.3 is 24.3 Å². The average Bonchev–Trinajstić information content (AvgIpc) is 3.63. The Hall–Kier alpha value is -2.79. The normalized spacial score (nSPS) is 27.4. The SMILES string of the molecule is CC1(C)O[C@@H]2[C@H](O1)[C@@H](COC(=O)c1ccccc1)O[C@H]2n1cnc2c(NC3CCCC3)nc(Cl)nc21. The fraction of sp³-hybridized carbons (Fsp3) is 0.520. The Labute approximate surface area is 213 Å². The lowest BCUT2D eigenvalue weighted by atomic mass is 10.1. The van der Waals surface area contributed by atoms with E-state index in [1.54, 1.807) is 35.2 Å². The lowest BCUT2D eigenvalue weighted by molar-refractivity contribution is -0.199. The van der Waals surface area contributed by atoms with Crippen molar-refractivity contribution in [1.82, 2.24) is 19.5 Å². The maximum Gasteiger partial charge on any atom is 0.338 e. The molecule has 36 heavy (non-hydrogen) atoms. The van der Waals surface area contributed by atoms with Crippen molar-refractivity contribution < 1.29 is 23.7 Å². The van der Waals surface area contributed by atoms with Gasteiger partial charge >= 0.3 is 5.97 Å². The van der Waals surface area contributed by atoms with Crippen LogP contribution in [0.5, 0.6) is 0 Å². The Kier molecular flexibility index (Phi) is 6.07. The van der Waals surface area contributed by atoms with E-state index in [0.29, 0.717) is 28.6 Å². The van der Waals surface area contributed by atoms with Crippen LogP contribution in [0.25, 0.3) is 11.2 Å². The van der Waals surface area contributed by atoms with Gasteiger partial charge in [-0.2, -0.15) is 9.97 Å². The van der Waals surface area contributed by atoms with Crippen LogP contribution in [0.15, 0.2) is 36.7 Å². The predicted octanol–water partition coefficient (Wildman–Crippen LogP) is 4.11. The molecule has 3 fully saturated rings. The number of aromatic nitrogens is 4. The van der Waals surface area contributed by atoms with Gasteiger partial charge in [0.15, 0.2) is 29.0 Å². The number of imidazole rings is 1. The first-order valence-electron chi connectivity index (χ1n) is 12.3. The lowest BCUT2D eigenvalue weighted by Gasteiger charge is -2.24. The lowest BCUT2D eigenvalue weighted by Crippen LogP contribution is -2.33. The minimum Gasteiger partial charge on any atom is -0.459 e. The van der Waals surface area contributed by atoms with Crippen LogP contribution in [0.2, 0.25) is 5.28 Å². The van der Waals surface area contributed by atoms with Crippen molar-refractivity contribution in [1.29, 1.82) is 0 Å². The van der Waals surface area contributed by atoms with E-state index in [0.717, 1.165) is 12.8 Å². The number of halogens is 1. The van der Waals surface area contributed by atoms with Crippen LogP contribution < -0.4 is 5.32 Å². The smallest absolute Gasteiger partial charge is 0.338 e. The summed E-state index contributed by atoms with van der Waals surface area (Å²) in [4.78, 5) is 26.0. The molecule has 0 radical (unpaired) electrons. The molecule has 0 spiro atoms. The molecule has 0 unspecified atom stereocenters. The molecule has 1 aliphatic carbocycles. The van der Waals surface area contributed by atoms with Gasteiger partial charge in [-0.25, -0.2) is 9.78 Å². The maximum atomic E-state index is 12.5. The van der Waals surface area contributed by atoms with Crippen molar-refractivity contribution in [3.8, 4) is 0 Å². The third kappa shape index (κ3) is 4.43. The Bertz CT molecular complexity index is 1260. The van der Waals surface area contributed by atoms with Gasteiger partial charge in [-0.1, -0.05) is 31.0 Å². The second-order valence-corrected chi connectivity index (χ2v) is 10.2. The molecule has 1 saturated carbocycles. The van der Waals surface area contributed by atoms with E-state index < -0.39 is 36.3 Å². The fourth-order valence-corrected chi connectivity index (χ4v) is 5.44. The Balaban J connectivity index is 1.27. The van der Waals surface area contributed by atoms with Gasteiger partial charge in [-0.3, -0.25) is 4.57 Å². The van der Waals surface area contributed by atoms with E-state index in [1.165, 1.54) is 12.8 Å². The highest BCUT2D eigenvalue weighted by molar-refractivity contribution is 6.28. The molecule has 11 heteroatoms. The standard InChI is InChI=1S/C25H28ClN5O5/c1-25(2)35-18-16(12-33-23(32)14-8-4-3-5-9-14)34-22(19(18)36-25)31-13-27-17-20(28-15-10-6-7-11-15)29-24(26)30-21(17)31/h3-5,8-9,13,15-16,18-19,22H,6-7,10-12H2,1-2H3,(H,28,29,30)/t16-,18-,19-,22-/m1/s1. The molecule has 10 nitrogen and oxygen atoms in total. The van der Waals surface area contributed by atoms with Crippen molar-refractivity contribution in [2.45, 2.75) is 75.9 Å². The van der Waals surface area contributed by atoms with Crippen LogP contribution in [0.4, 0.5) is 5.82 Å². The van der Waals surface area contributed by atoms with Gasteiger partial charge in [0.25, 0.3) is 0 Å². The van der Waals surface area contributed by atoms with Crippen molar-refractivity contribution in [2.24, 2.45) is 0 Å². The van der Waals surface area contributed by atoms with Crippen LogP contribution in [0.1, 0.15) is 56.1 Å². The number of benzene rings is 1. The van der Waals surface area contributed by atoms with Gasteiger partial charge in [0.05, 0.1) is 11.9 Å². The number of nitrogens with zero attached hydrogens (tertiary/aromatic N) is 4. The van der Waals surface area contributed by atoms with E-state index in [1.807, 2.05) is 19.9 Å². The van der Waals surface area contributed by atoms with E-state index >= 15 is 0 Å². The molecule has 3 aliphatic rings. The zero-order chi connectivity index (χ0) is 24.9. The van der Waals surface area contributed by atoms with Crippen molar-refractivity contribution in [3.05, 3.63) is 47.5 Å². The molecule has 190 valence electrons. The van der Waals surface area contributed by atoms with Crippen LogP contribution in [0, 0.1) is 0 Å². The number of ether oxygens (including phenoxy) is 4. The fourth-order valence-electron chi connectivity index (χ4n) is 5.27. The zero-order valence-electron chi connectivity index (χ0n) is 20.1. The summed E-state index contributed by atoms with van der Waals surface area (Å²) in [7, 11) is 0. The Morgan fingerprint density at radius 1 is 1.17 bits per heavy atom. The van der Waals surface area contributed by atoms with Crippen LogP contribution >= 0.6 is 11.6 Å². The number of hydrogen-bond donors (Lipinski definition) is 1. The Morgan fingerprint density at radius 2 is 1.92 bits per heavy atom. The molecule has 2 aromatic heterocycles. The molecule has 1 aromatic carbocycles. The molecule has 0 amide bonds. The number of hydrogen-bond acceptors (Lipinski definition) is 9. The molecular weight excluding hydrogens is 486 g/mol. The summed E-state index contributed by atoms with van der Waals surface area (Å²) in [6.45, 7) is 3.72. The van der Waals surface area contributed by atoms with Crippen LogP contribution in [0.3, 0.4) is 0 Å². The molecule has 2 aliphatic heterocycles. The average molecular weight is 514 g/mol. The van der Waals surface area contributed by atoms with Gasteiger partial charge in [0, 0.05) is 6.04 Å². The zero-order valence-corrected chi connectivity index (χ0v) is 20.9. The summed E-state index contributed by atoms with van der Waals surface area (Å²) in [6.07, 6.45) is 4.16. The molecule has 3 aromatic rings. The maximum absolute atomic E-state index is 12.5. The minimum atomic E-state index is -0.822. The summed E-state index contributed by atoms with van der Waals surface area (Å²) in [5.41, 5.74) is 1.62. The van der Waals surface area contributed by atoms with E-state index in [-0.39, 0.29) is 11.9 Å². The van der Waals surface area contributed by atoms with Gasteiger partial charge in [0.2, 0.25) is 5.28 Å². The first-order valence-corrected chi connectivity index (χ1v) is 12.7.